The van der Waals surface area contributed by atoms with Gasteiger partial charge in [0.15, 0.2) is 9.84 Å². The molecule has 1 fully saturated rings. The van der Waals surface area contributed by atoms with Crippen LogP contribution in [-0.4, -0.2) is 45.0 Å². The molecule has 7 heteroatoms. The Labute approximate surface area is 117 Å². The summed E-state index contributed by atoms with van der Waals surface area (Å²) in [5.41, 5.74) is 0. The van der Waals surface area contributed by atoms with Crippen LogP contribution in [0.25, 0.3) is 0 Å². The van der Waals surface area contributed by atoms with Crippen molar-refractivity contribution in [1.82, 2.24) is 10.6 Å². The first-order valence-electron chi connectivity index (χ1n) is 6.28. The van der Waals surface area contributed by atoms with Crippen molar-refractivity contribution in [1.29, 1.82) is 0 Å². The van der Waals surface area contributed by atoms with Crippen LogP contribution in [-0.2, 0) is 21.1 Å². The first kappa shape index (κ1) is 14.5. The molecule has 2 N–H and O–H groups in total. The standard InChI is InChI=1S/C12H18N2O3S2/c15-12(14-4-3-11-2-1-6-18-11)8-10-9-19(16,17)7-5-13-10/h1-2,6,10,13H,3-5,7-9H2,(H,14,15). The van der Waals surface area contributed by atoms with Crippen molar-refractivity contribution in [3.05, 3.63) is 22.4 Å². The lowest BCUT2D eigenvalue weighted by Gasteiger charge is -2.23. The third-order valence-corrected chi connectivity index (χ3v) is 5.68. The molecule has 0 radical (unpaired) electrons. The van der Waals surface area contributed by atoms with Crippen molar-refractivity contribution >= 4 is 27.1 Å². The molecule has 2 rings (SSSR count). The average Bonchev–Trinajstić information content (AvgIpc) is 2.80. The van der Waals surface area contributed by atoms with Gasteiger partial charge in [-0.25, -0.2) is 8.42 Å². The van der Waals surface area contributed by atoms with E-state index < -0.39 is 9.84 Å². The second-order valence-electron chi connectivity index (χ2n) is 4.65. The fourth-order valence-corrected chi connectivity index (χ4v) is 4.23. The molecule has 19 heavy (non-hydrogen) atoms. The van der Waals surface area contributed by atoms with Gasteiger partial charge in [-0.2, -0.15) is 0 Å². The van der Waals surface area contributed by atoms with Gasteiger partial charge in [-0.3, -0.25) is 4.79 Å². The Morgan fingerprint density at radius 1 is 1.53 bits per heavy atom. The Bertz CT molecular complexity index is 511. The summed E-state index contributed by atoms with van der Waals surface area (Å²) in [6.07, 6.45) is 1.05. The number of nitrogens with one attached hydrogen (secondary N) is 2. The van der Waals surface area contributed by atoms with Gasteiger partial charge in [-0.15, -0.1) is 11.3 Å². The van der Waals surface area contributed by atoms with Crippen molar-refractivity contribution in [2.24, 2.45) is 0 Å². The van der Waals surface area contributed by atoms with Gasteiger partial charge in [0.1, 0.15) is 0 Å². The summed E-state index contributed by atoms with van der Waals surface area (Å²) < 4.78 is 22.9. The molecule has 1 saturated heterocycles. The number of hydrogen-bond donors (Lipinski definition) is 2. The highest BCUT2D eigenvalue weighted by molar-refractivity contribution is 7.91. The lowest BCUT2D eigenvalue weighted by molar-refractivity contribution is -0.121. The van der Waals surface area contributed by atoms with Crippen molar-refractivity contribution in [2.45, 2.75) is 18.9 Å². The molecule has 0 saturated carbocycles. The Morgan fingerprint density at radius 2 is 2.37 bits per heavy atom. The molecule has 1 aliphatic heterocycles. The minimum atomic E-state index is -2.97. The molecule has 0 bridgehead atoms. The molecule has 2 heterocycles. The highest BCUT2D eigenvalue weighted by Crippen LogP contribution is 2.08. The van der Waals surface area contributed by atoms with E-state index in [1.165, 1.54) is 4.88 Å². The molecule has 5 nitrogen and oxygen atoms in total. The highest BCUT2D eigenvalue weighted by atomic mass is 32.2. The van der Waals surface area contributed by atoms with Crippen LogP contribution in [0.3, 0.4) is 0 Å². The predicted molar refractivity (Wildman–Crippen MR) is 76.1 cm³/mol. The van der Waals surface area contributed by atoms with Crippen LogP contribution < -0.4 is 10.6 Å². The Morgan fingerprint density at radius 3 is 3.05 bits per heavy atom. The Hall–Kier alpha value is -0.920. The number of hydrogen-bond acceptors (Lipinski definition) is 5. The maximum Gasteiger partial charge on any atom is 0.221 e. The van der Waals surface area contributed by atoms with Crippen LogP contribution in [0.15, 0.2) is 17.5 Å². The summed E-state index contributed by atoms with van der Waals surface area (Å²) >= 11 is 1.67. The molecule has 0 spiro atoms. The third kappa shape index (κ3) is 4.93. The van der Waals surface area contributed by atoms with Gasteiger partial charge in [0.2, 0.25) is 5.91 Å². The van der Waals surface area contributed by atoms with Crippen molar-refractivity contribution in [2.75, 3.05) is 24.6 Å². The van der Waals surface area contributed by atoms with E-state index >= 15 is 0 Å². The number of amides is 1. The van der Waals surface area contributed by atoms with E-state index in [2.05, 4.69) is 10.6 Å². The maximum absolute atomic E-state index is 11.7. The van der Waals surface area contributed by atoms with Crippen LogP contribution in [0.4, 0.5) is 0 Å². The summed E-state index contributed by atoms with van der Waals surface area (Å²) in [7, 11) is -2.97. The zero-order chi connectivity index (χ0) is 13.7. The first-order valence-corrected chi connectivity index (χ1v) is 8.98. The van der Waals surface area contributed by atoms with Gasteiger partial charge in [0, 0.05) is 30.4 Å². The average molecular weight is 302 g/mol. The normalized spacial score (nSPS) is 22.0. The van der Waals surface area contributed by atoms with E-state index in [1.54, 1.807) is 11.3 Å². The molecule has 0 aliphatic carbocycles. The fourth-order valence-electron chi connectivity index (χ4n) is 2.07. The number of thiophene rings is 1. The molecule has 0 aromatic carbocycles. The lowest BCUT2D eigenvalue weighted by Crippen LogP contribution is -2.47. The second-order valence-corrected chi connectivity index (χ2v) is 7.91. The van der Waals surface area contributed by atoms with Crippen LogP contribution in [0.2, 0.25) is 0 Å². The van der Waals surface area contributed by atoms with Crippen molar-refractivity contribution in [3.63, 3.8) is 0 Å². The van der Waals surface area contributed by atoms with Gasteiger partial charge >= 0.3 is 0 Å². The number of sulfone groups is 1. The zero-order valence-electron chi connectivity index (χ0n) is 10.6. The molecule has 1 unspecified atom stereocenters. The maximum atomic E-state index is 11.7. The van der Waals surface area contributed by atoms with Crippen molar-refractivity contribution < 1.29 is 13.2 Å². The van der Waals surface area contributed by atoms with Gasteiger partial charge in [0.05, 0.1) is 11.5 Å². The summed E-state index contributed by atoms with van der Waals surface area (Å²) in [4.78, 5) is 12.9. The van der Waals surface area contributed by atoms with Gasteiger partial charge < -0.3 is 10.6 Å². The van der Waals surface area contributed by atoms with E-state index in [0.717, 1.165) is 6.42 Å². The zero-order valence-corrected chi connectivity index (χ0v) is 12.2. The summed E-state index contributed by atoms with van der Waals surface area (Å²) in [5, 5.41) is 7.91. The Balaban J connectivity index is 1.69. The fraction of sp³-hybridized carbons (Fsp3) is 0.583. The molecular weight excluding hydrogens is 284 g/mol. The predicted octanol–water partition coefficient (Wildman–Crippen LogP) is 0.184. The first-order chi connectivity index (χ1) is 9.05. The number of carbonyl (C=O) groups excluding carboxylic acids is 1. The number of carbonyl (C=O) groups is 1. The monoisotopic (exact) mass is 302 g/mol. The molecule has 1 amide bonds. The van der Waals surface area contributed by atoms with E-state index in [9.17, 15) is 13.2 Å². The lowest BCUT2D eigenvalue weighted by atomic mass is 10.2. The molecular formula is C12H18N2O3S2. The third-order valence-electron chi connectivity index (χ3n) is 3.01. The molecule has 106 valence electrons. The van der Waals surface area contributed by atoms with E-state index in [-0.39, 0.29) is 29.9 Å². The highest BCUT2D eigenvalue weighted by Gasteiger charge is 2.25. The van der Waals surface area contributed by atoms with Crippen LogP contribution in [0.5, 0.6) is 0 Å². The topological polar surface area (TPSA) is 75.3 Å². The smallest absolute Gasteiger partial charge is 0.221 e. The van der Waals surface area contributed by atoms with E-state index in [4.69, 9.17) is 0 Å². The second kappa shape index (κ2) is 6.49. The number of rotatable bonds is 5. The minimum Gasteiger partial charge on any atom is -0.356 e. The largest absolute Gasteiger partial charge is 0.356 e. The van der Waals surface area contributed by atoms with Crippen LogP contribution in [0.1, 0.15) is 11.3 Å². The molecule has 1 aromatic rings. The van der Waals surface area contributed by atoms with Crippen LogP contribution >= 0.6 is 11.3 Å². The van der Waals surface area contributed by atoms with Gasteiger partial charge in [-0.1, -0.05) is 6.07 Å². The molecule has 1 aliphatic rings. The van der Waals surface area contributed by atoms with E-state index in [1.807, 2.05) is 17.5 Å². The Kier molecular flexibility index (Phi) is 4.95. The van der Waals surface area contributed by atoms with Gasteiger partial charge in [-0.05, 0) is 17.9 Å². The van der Waals surface area contributed by atoms with Crippen LogP contribution in [0, 0.1) is 0 Å². The summed E-state index contributed by atoms with van der Waals surface area (Å²) in [5.74, 6) is 0.139. The summed E-state index contributed by atoms with van der Waals surface area (Å²) in [6, 6.07) is 3.77. The van der Waals surface area contributed by atoms with Gasteiger partial charge in [0.25, 0.3) is 0 Å². The molecule has 1 atom stereocenters. The summed E-state index contributed by atoms with van der Waals surface area (Å²) in [6.45, 7) is 1.04. The molecule has 1 aromatic heterocycles. The SMILES string of the molecule is O=C(CC1CS(=O)(=O)CCN1)NCCc1cccs1. The quantitative estimate of drug-likeness (QED) is 0.814. The van der Waals surface area contributed by atoms with E-state index in [0.29, 0.717) is 13.1 Å². The van der Waals surface area contributed by atoms with Crippen molar-refractivity contribution in [3.8, 4) is 0 Å². The minimum absolute atomic E-state index is 0.0609.